The van der Waals surface area contributed by atoms with Crippen molar-refractivity contribution in [2.45, 2.75) is 64.3 Å². The SMILES string of the molecule is CCCNC(Cc1ccc(Br)cc1)CC1CCCCC1. The highest BCUT2D eigenvalue weighted by molar-refractivity contribution is 9.10. The zero-order chi connectivity index (χ0) is 14.2. The normalized spacial score (nSPS) is 18.1. The highest BCUT2D eigenvalue weighted by atomic mass is 79.9. The molecule has 1 N–H and O–H groups in total. The Bertz CT molecular complexity index is 368. The Hall–Kier alpha value is -0.340. The lowest BCUT2D eigenvalue weighted by Crippen LogP contribution is -2.34. The molecular weight excluding hydrogens is 310 g/mol. The molecule has 1 aliphatic rings. The minimum atomic E-state index is 0.652. The second-order valence-electron chi connectivity index (χ2n) is 6.22. The minimum Gasteiger partial charge on any atom is -0.314 e. The molecule has 2 rings (SSSR count). The molecule has 2 heteroatoms. The van der Waals surface area contributed by atoms with Crippen LogP contribution >= 0.6 is 15.9 Å². The van der Waals surface area contributed by atoms with Gasteiger partial charge in [0.05, 0.1) is 0 Å². The Morgan fingerprint density at radius 2 is 1.85 bits per heavy atom. The van der Waals surface area contributed by atoms with Crippen molar-refractivity contribution < 1.29 is 0 Å². The number of halogens is 1. The van der Waals surface area contributed by atoms with Crippen molar-refractivity contribution in [1.82, 2.24) is 5.32 Å². The number of rotatable bonds is 7. The lowest BCUT2D eigenvalue weighted by atomic mass is 9.83. The predicted molar refractivity (Wildman–Crippen MR) is 91.1 cm³/mol. The van der Waals surface area contributed by atoms with Crippen molar-refractivity contribution in [1.29, 1.82) is 0 Å². The standard InChI is InChI=1S/C18H28BrN/c1-2-12-20-18(13-15-6-4-3-5-7-15)14-16-8-10-17(19)11-9-16/h8-11,15,18,20H,2-7,12-14H2,1H3. The first-order chi connectivity index (χ1) is 9.78. The lowest BCUT2D eigenvalue weighted by Gasteiger charge is -2.27. The summed E-state index contributed by atoms with van der Waals surface area (Å²) in [5, 5.41) is 3.77. The lowest BCUT2D eigenvalue weighted by molar-refractivity contribution is 0.296. The smallest absolute Gasteiger partial charge is 0.0175 e. The van der Waals surface area contributed by atoms with Gasteiger partial charge in [-0.2, -0.15) is 0 Å². The third-order valence-corrected chi connectivity index (χ3v) is 4.95. The summed E-state index contributed by atoms with van der Waals surface area (Å²) >= 11 is 3.52. The largest absolute Gasteiger partial charge is 0.314 e. The van der Waals surface area contributed by atoms with E-state index in [2.05, 4.69) is 52.4 Å². The van der Waals surface area contributed by atoms with Gasteiger partial charge >= 0.3 is 0 Å². The van der Waals surface area contributed by atoms with E-state index in [1.807, 2.05) is 0 Å². The van der Waals surface area contributed by atoms with Gasteiger partial charge in [0, 0.05) is 10.5 Å². The molecule has 1 aromatic carbocycles. The molecule has 1 fully saturated rings. The molecule has 0 heterocycles. The van der Waals surface area contributed by atoms with Crippen LogP contribution in [0.5, 0.6) is 0 Å². The molecule has 20 heavy (non-hydrogen) atoms. The van der Waals surface area contributed by atoms with E-state index in [9.17, 15) is 0 Å². The van der Waals surface area contributed by atoms with Crippen molar-refractivity contribution in [2.24, 2.45) is 5.92 Å². The van der Waals surface area contributed by atoms with Gasteiger partial charge < -0.3 is 5.32 Å². The summed E-state index contributed by atoms with van der Waals surface area (Å²) < 4.78 is 1.17. The van der Waals surface area contributed by atoms with Crippen LogP contribution in [0.3, 0.4) is 0 Å². The van der Waals surface area contributed by atoms with E-state index in [1.165, 1.54) is 61.4 Å². The van der Waals surface area contributed by atoms with Crippen LogP contribution < -0.4 is 5.32 Å². The third kappa shape index (κ3) is 5.57. The Kier molecular flexibility index (Phi) is 7.09. The molecule has 1 atom stereocenters. The molecular formula is C18H28BrN. The van der Waals surface area contributed by atoms with Gasteiger partial charge in [0.1, 0.15) is 0 Å². The van der Waals surface area contributed by atoms with E-state index < -0.39 is 0 Å². The van der Waals surface area contributed by atoms with Crippen molar-refractivity contribution in [3.63, 3.8) is 0 Å². The van der Waals surface area contributed by atoms with E-state index in [0.717, 1.165) is 12.5 Å². The summed E-state index contributed by atoms with van der Waals surface area (Å²) in [6, 6.07) is 9.48. The molecule has 1 aliphatic carbocycles. The van der Waals surface area contributed by atoms with Crippen molar-refractivity contribution in [3.05, 3.63) is 34.3 Å². The summed E-state index contributed by atoms with van der Waals surface area (Å²) in [4.78, 5) is 0. The second-order valence-corrected chi connectivity index (χ2v) is 7.14. The monoisotopic (exact) mass is 337 g/mol. The third-order valence-electron chi connectivity index (χ3n) is 4.42. The number of nitrogens with one attached hydrogen (secondary N) is 1. The van der Waals surface area contributed by atoms with Gasteiger partial charge in [-0.25, -0.2) is 0 Å². The molecule has 0 saturated heterocycles. The average Bonchev–Trinajstić information content (AvgIpc) is 2.48. The Labute approximate surface area is 132 Å². The second kappa shape index (κ2) is 8.84. The van der Waals surface area contributed by atoms with Crippen LogP contribution in [0.1, 0.15) is 57.4 Å². The first kappa shape index (κ1) is 16.0. The fourth-order valence-electron chi connectivity index (χ4n) is 3.32. The summed E-state index contributed by atoms with van der Waals surface area (Å²) in [5.74, 6) is 0.952. The van der Waals surface area contributed by atoms with Gasteiger partial charge in [0.25, 0.3) is 0 Å². The Balaban J connectivity index is 1.89. The van der Waals surface area contributed by atoms with E-state index in [1.54, 1.807) is 0 Å². The molecule has 1 saturated carbocycles. The molecule has 0 aromatic heterocycles. The van der Waals surface area contributed by atoms with Crippen molar-refractivity contribution in [2.75, 3.05) is 6.54 Å². The Morgan fingerprint density at radius 3 is 2.50 bits per heavy atom. The van der Waals surface area contributed by atoms with Crippen LogP contribution in [0.15, 0.2) is 28.7 Å². The van der Waals surface area contributed by atoms with Gasteiger partial charge in [0.15, 0.2) is 0 Å². The number of benzene rings is 1. The van der Waals surface area contributed by atoms with E-state index in [-0.39, 0.29) is 0 Å². The van der Waals surface area contributed by atoms with Crippen LogP contribution in [-0.4, -0.2) is 12.6 Å². The minimum absolute atomic E-state index is 0.652. The number of hydrogen-bond acceptors (Lipinski definition) is 1. The summed E-state index contributed by atoms with van der Waals surface area (Å²) in [5.41, 5.74) is 1.46. The first-order valence-corrected chi connectivity index (χ1v) is 9.05. The van der Waals surface area contributed by atoms with E-state index >= 15 is 0 Å². The molecule has 0 aliphatic heterocycles. The van der Waals surface area contributed by atoms with Crippen LogP contribution in [0, 0.1) is 5.92 Å². The van der Waals surface area contributed by atoms with Gasteiger partial charge in [0.2, 0.25) is 0 Å². The van der Waals surface area contributed by atoms with Crippen LogP contribution in [0.25, 0.3) is 0 Å². The zero-order valence-corrected chi connectivity index (χ0v) is 14.3. The maximum Gasteiger partial charge on any atom is 0.0175 e. The molecule has 1 aromatic rings. The Morgan fingerprint density at radius 1 is 1.15 bits per heavy atom. The first-order valence-electron chi connectivity index (χ1n) is 8.25. The van der Waals surface area contributed by atoms with Gasteiger partial charge in [-0.05, 0) is 49.4 Å². The summed E-state index contributed by atoms with van der Waals surface area (Å²) in [7, 11) is 0. The highest BCUT2D eigenvalue weighted by Crippen LogP contribution is 2.28. The summed E-state index contributed by atoms with van der Waals surface area (Å²) in [6.45, 7) is 3.40. The topological polar surface area (TPSA) is 12.0 Å². The fourth-order valence-corrected chi connectivity index (χ4v) is 3.58. The maximum absolute atomic E-state index is 3.77. The van der Waals surface area contributed by atoms with Crippen molar-refractivity contribution in [3.8, 4) is 0 Å². The molecule has 1 nitrogen and oxygen atoms in total. The molecule has 0 bridgehead atoms. The van der Waals surface area contributed by atoms with Crippen LogP contribution in [-0.2, 0) is 6.42 Å². The van der Waals surface area contributed by atoms with Gasteiger partial charge in [-0.1, -0.05) is 67.1 Å². The zero-order valence-electron chi connectivity index (χ0n) is 12.7. The highest BCUT2D eigenvalue weighted by Gasteiger charge is 2.18. The summed E-state index contributed by atoms with van der Waals surface area (Å²) in [6.07, 6.45) is 11.0. The molecule has 0 spiro atoms. The quantitative estimate of drug-likeness (QED) is 0.708. The van der Waals surface area contributed by atoms with E-state index in [4.69, 9.17) is 0 Å². The number of hydrogen-bond donors (Lipinski definition) is 1. The average molecular weight is 338 g/mol. The van der Waals surface area contributed by atoms with E-state index in [0.29, 0.717) is 6.04 Å². The van der Waals surface area contributed by atoms with Crippen LogP contribution in [0.4, 0.5) is 0 Å². The molecule has 112 valence electrons. The fraction of sp³-hybridized carbons (Fsp3) is 0.667. The van der Waals surface area contributed by atoms with Gasteiger partial charge in [-0.15, -0.1) is 0 Å². The molecule has 1 unspecified atom stereocenters. The maximum atomic E-state index is 3.77. The van der Waals surface area contributed by atoms with Crippen molar-refractivity contribution >= 4 is 15.9 Å². The molecule has 0 radical (unpaired) electrons. The molecule has 0 amide bonds. The predicted octanol–water partition coefficient (Wildman–Crippen LogP) is 5.33. The van der Waals surface area contributed by atoms with Gasteiger partial charge in [-0.3, -0.25) is 0 Å². The van der Waals surface area contributed by atoms with Crippen LogP contribution in [0.2, 0.25) is 0 Å².